The molecule has 5 nitrogen and oxygen atoms in total. The lowest BCUT2D eigenvalue weighted by Crippen LogP contribution is -2.48. The Kier molecular flexibility index (Phi) is 7.12. The van der Waals surface area contributed by atoms with Gasteiger partial charge in [0, 0.05) is 5.02 Å². The van der Waals surface area contributed by atoms with E-state index in [0.717, 1.165) is 27.3 Å². The third-order valence-corrected chi connectivity index (χ3v) is 6.16. The number of halogens is 1. The molecule has 28 heavy (non-hydrogen) atoms. The molecule has 152 valence electrons. The third-order valence-electron chi connectivity index (χ3n) is 4.70. The lowest BCUT2D eigenvalue weighted by molar-refractivity contribution is -0.122. The average molecular weight is 423 g/mol. The summed E-state index contributed by atoms with van der Waals surface area (Å²) in [6.07, 6.45) is 1.78. The second kappa shape index (κ2) is 8.97. The van der Waals surface area contributed by atoms with E-state index in [0.29, 0.717) is 17.1 Å². The summed E-state index contributed by atoms with van der Waals surface area (Å²) >= 11 is 6.07. The number of nitrogens with one attached hydrogen (secondary N) is 1. The van der Waals surface area contributed by atoms with Gasteiger partial charge in [-0.25, -0.2) is 8.42 Å². The number of amides is 1. The van der Waals surface area contributed by atoms with Gasteiger partial charge in [-0.1, -0.05) is 54.4 Å². The molecule has 2 aromatic carbocycles. The van der Waals surface area contributed by atoms with Crippen molar-refractivity contribution in [3.8, 4) is 0 Å². The van der Waals surface area contributed by atoms with E-state index in [4.69, 9.17) is 11.6 Å². The first-order valence-corrected chi connectivity index (χ1v) is 11.4. The molecule has 2 aromatic rings. The van der Waals surface area contributed by atoms with E-state index in [2.05, 4.69) is 5.32 Å². The van der Waals surface area contributed by atoms with Crippen LogP contribution in [-0.4, -0.2) is 26.6 Å². The Bertz CT molecular complexity index is 943. The number of sulfonamides is 1. The first-order valence-electron chi connectivity index (χ1n) is 9.17. The van der Waals surface area contributed by atoms with Crippen molar-refractivity contribution in [2.24, 2.45) is 0 Å². The fraction of sp³-hybridized carbons (Fsp3) is 0.381. The van der Waals surface area contributed by atoms with Gasteiger partial charge in [-0.2, -0.15) is 0 Å². The monoisotopic (exact) mass is 422 g/mol. The van der Waals surface area contributed by atoms with E-state index in [-0.39, 0.29) is 11.9 Å². The van der Waals surface area contributed by atoms with Crippen molar-refractivity contribution in [2.45, 2.75) is 46.2 Å². The van der Waals surface area contributed by atoms with Gasteiger partial charge in [0.25, 0.3) is 0 Å². The second-order valence-electron chi connectivity index (χ2n) is 7.05. The maximum Gasteiger partial charge on any atom is 0.244 e. The first-order chi connectivity index (χ1) is 13.0. The quantitative estimate of drug-likeness (QED) is 0.720. The van der Waals surface area contributed by atoms with E-state index >= 15 is 0 Å². The fourth-order valence-corrected chi connectivity index (χ4v) is 4.50. The normalized spacial score (nSPS) is 13.6. The van der Waals surface area contributed by atoms with E-state index < -0.39 is 16.1 Å². The Hall–Kier alpha value is -2.05. The summed E-state index contributed by atoms with van der Waals surface area (Å²) in [6.45, 7) is 7.35. The van der Waals surface area contributed by atoms with Crippen LogP contribution in [0.25, 0.3) is 0 Å². The highest BCUT2D eigenvalue weighted by Crippen LogP contribution is 2.28. The molecule has 0 saturated heterocycles. The van der Waals surface area contributed by atoms with Gasteiger partial charge < -0.3 is 5.32 Å². The summed E-state index contributed by atoms with van der Waals surface area (Å²) in [5.74, 6) is -0.364. The van der Waals surface area contributed by atoms with Gasteiger partial charge in [0.15, 0.2) is 0 Å². The maximum atomic E-state index is 13.0. The molecule has 1 amide bonds. The van der Waals surface area contributed by atoms with Crippen LogP contribution in [0.5, 0.6) is 0 Å². The molecule has 0 radical (unpaired) electrons. The van der Waals surface area contributed by atoms with Crippen LogP contribution < -0.4 is 9.62 Å². The molecule has 0 heterocycles. The van der Waals surface area contributed by atoms with Crippen molar-refractivity contribution >= 4 is 33.2 Å². The van der Waals surface area contributed by atoms with E-state index in [1.165, 1.54) is 0 Å². The summed E-state index contributed by atoms with van der Waals surface area (Å²) in [5.41, 5.74) is 3.25. The molecule has 0 aliphatic carbocycles. The highest BCUT2D eigenvalue weighted by atomic mass is 35.5. The molecule has 0 bridgehead atoms. The summed E-state index contributed by atoms with van der Waals surface area (Å²) < 4.78 is 26.1. The lowest BCUT2D eigenvalue weighted by Gasteiger charge is -2.31. The highest BCUT2D eigenvalue weighted by Gasteiger charge is 2.31. The second-order valence-corrected chi connectivity index (χ2v) is 9.34. The van der Waals surface area contributed by atoms with E-state index in [9.17, 15) is 13.2 Å². The first kappa shape index (κ1) is 22.2. The molecule has 7 heteroatoms. The van der Waals surface area contributed by atoms with Crippen LogP contribution in [0.15, 0.2) is 42.5 Å². The summed E-state index contributed by atoms with van der Waals surface area (Å²) in [6, 6.07) is 11.8. The smallest absolute Gasteiger partial charge is 0.244 e. The fourth-order valence-electron chi connectivity index (χ4n) is 3.11. The predicted molar refractivity (Wildman–Crippen MR) is 115 cm³/mol. The summed E-state index contributed by atoms with van der Waals surface area (Å²) in [4.78, 5) is 13.0. The Labute approximate surface area is 172 Å². The van der Waals surface area contributed by atoms with Crippen LogP contribution in [0, 0.1) is 13.8 Å². The topological polar surface area (TPSA) is 66.5 Å². The molecule has 2 rings (SSSR count). The molecule has 0 saturated carbocycles. The molecule has 1 N–H and O–H groups in total. The van der Waals surface area contributed by atoms with Crippen molar-refractivity contribution in [2.75, 3.05) is 10.6 Å². The zero-order chi connectivity index (χ0) is 21.1. The summed E-state index contributed by atoms with van der Waals surface area (Å²) in [5, 5.41) is 3.39. The molecule has 0 aliphatic rings. The van der Waals surface area contributed by atoms with Crippen molar-refractivity contribution < 1.29 is 13.2 Å². The number of nitrogens with zero attached hydrogens (tertiary/aromatic N) is 1. The molecular weight excluding hydrogens is 396 g/mol. The Balaban J connectivity index is 2.33. The maximum absolute atomic E-state index is 13.0. The molecule has 0 unspecified atom stereocenters. The van der Waals surface area contributed by atoms with Gasteiger partial charge in [-0.05, 0) is 50.5 Å². The molecule has 2 atom stereocenters. The van der Waals surface area contributed by atoms with Crippen LogP contribution in [0.2, 0.25) is 5.02 Å². The summed E-state index contributed by atoms with van der Waals surface area (Å²) in [7, 11) is -3.70. The number of carbonyl (C=O) groups is 1. The number of aryl methyl sites for hydroxylation is 2. The third kappa shape index (κ3) is 5.26. The Morgan fingerprint density at radius 1 is 1.14 bits per heavy atom. The minimum Gasteiger partial charge on any atom is -0.347 e. The van der Waals surface area contributed by atoms with Gasteiger partial charge in [-0.3, -0.25) is 9.10 Å². The van der Waals surface area contributed by atoms with Gasteiger partial charge in [0.05, 0.1) is 18.0 Å². The molecule has 0 aromatic heterocycles. The van der Waals surface area contributed by atoms with E-state index in [1.54, 1.807) is 32.0 Å². The number of benzene rings is 2. The molecule has 0 fully saturated rings. The van der Waals surface area contributed by atoms with Gasteiger partial charge in [-0.15, -0.1) is 0 Å². The number of anilines is 1. The Morgan fingerprint density at radius 2 is 1.75 bits per heavy atom. The van der Waals surface area contributed by atoms with Crippen LogP contribution in [0.1, 0.15) is 43.0 Å². The lowest BCUT2D eigenvalue weighted by atomic mass is 10.0. The SMILES string of the molecule is CC[C@@H](NC(=O)[C@@H](C)N(c1cc(Cl)ccc1C)S(C)(=O)=O)c1ccc(C)cc1. The molecule has 0 aliphatic heterocycles. The largest absolute Gasteiger partial charge is 0.347 e. The van der Waals surface area contributed by atoms with Crippen LogP contribution in [0.3, 0.4) is 0 Å². The minimum absolute atomic E-state index is 0.197. The number of rotatable bonds is 7. The molecule has 0 spiro atoms. The van der Waals surface area contributed by atoms with Crippen molar-refractivity contribution in [1.29, 1.82) is 0 Å². The van der Waals surface area contributed by atoms with Crippen molar-refractivity contribution in [3.63, 3.8) is 0 Å². The number of hydrogen-bond donors (Lipinski definition) is 1. The van der Waals surface area contributed by atoms with Crippen molar-refractivity contribution in [1.82, 2.24) is 5.32 Å². The molecular formula is C21H27ClN2O3S. The minimum atomic E-state index is -3.70. The van der Waals surface area contributed by atoms with Crippen molar-refractivity contribution in [3.05, 3.63) is 64.2 Å². The average Bonchev–Trinajstić information content (AvgIpc) is 2.62. The highest BCUT2D eigenvalue weighted by molar-refractivity contribution is 7.92. The van der Waals surface area contributed by atoms with Gasteiger partial charge in [0.1, 0.15) is 6.04 Å². The van der Waals surface area contributed by atoms with Crippen LogP contribution >= 0.6 is 11.6 Å². The zero-order valence-electron chi connectivity index (χ0n) is 16.9. The van der Waals surface area contributed by atoms with Crippen LogP contribution in [-0.2, 0) is 14.8 Å². The zero-order valence-corrected chi connectivity index (χ0v) is 18.4. The number of hydrogen-bond acceptors (Lipinski definition) is 3. The van der Waals surface area contributed by atoms with Gasteiger partial charge >= 0.3 is 0 Å². The van der Waals surface area contributed by atoms with Crippen LogP contribution in [0.4, 0.5) is 5.69 Å². The standard InChI is InChI=1S/C21H27ClN2O3S/c1-6-19(17-10-7-14(2)8-11-17)23-21(25)16(4)24(28(5,26)27)20-13-18(22)12-9-15(20)3/h7-13,16,19H,6H2,1-5H3,(H,23,25)/t16-,19-/m1/s1. The van der Waals surface area contributed by atoms with Gasteiger partial charge in [0.2, 0.25) is 15.9 Å². The van der Waals surface area contributed by atoms with E-state index in [1.807, 2.05) is 38.1 Å². The predicted octanol–water partition coefficient (Wildman–Crippen LogP) is 4.38. The number of carbonyl (C=O) groups excluding carboxylic acids is 1. The Morgan fingerprint density at radius 3 is 2.29 bits per heavy atom.